The van der Waals surface area contributed by atoms with Crippen molar-refractivity contribution in [2.24, 2.45) is 0 Å². The Hall–Kier alpha value is -2.89. The number of hydrogen-bond donors (Lipinski definition) is 1. The van der Waals surface area contributed by atoms with Crippen molar-refractivity contribution in [1.82, 2.24) is 15.2 Å². The lowest BCUT2D eigenvalue weighted by molar-refractivity contribution is 0.0793. The summed E-state index contributed by atoms with van der Waals surface area (Å²) in [5.74, 6) is 0.449. The Kier molecular flexibility index (Phi) is 7.79. The number of ether oxygens (including phenoxy) is 1. The number of carbonyl (C=O) groups is 2. The molecule has 144 valence electrons. The van der Waals surface area contributed by atoms with E-state index < -0.39 is 0 Å². The third-order valence-corrected chi connectivity index (χ3v) is 4.30. The average Bonchev–Trinajstić information content (AvgIpc) is 2.71. The van der Waals surface area contributed by atoms with Gasteiger partial charge in [0.15, 0.2) is 0 Å². The van der Waals surface area contributed by atoms with Crippen molar-refractivity contribution in [2.75, 3.05) is 27.2 Å². The summed E-state index contributed by atoms with van der Waals surface area (Å²) in [7, 11) is 3.39. The molecule has 1 aromatic carbocycles. The first-order valence-electron chi connectivity index (χ1n) is 9.16. The summed E-state index contributed by atoms with van der Waals surface area (Å²) in [5.41, 5.74) is 1.92. The van der Waals surface area contributed by atoms with E-state index in [1.165, 1.54) is 12.4 Å². The van der Waals surface area contributed by atoms with E-state index in [2.05, 4.69) is 17.2 Å². The summed E-state index contributed by atoms with van der Waals surface area (Å²) in [5, 5.41) is 2.87. The van der Waals surface area contributed by atoms with Crippen LogP contribution in [0.4, 0.5) is 0 Å². The quantitative estimate of drug-likeness (QED) is 0.738. The van der Waals surface area contributed by atoms with Crippen LogP contribution in [0.15, 0.2) is 42.7 Å². The molecule has 0 unspecified atom stereocenters. The highest BCUT2D eigenvalue weighted by atomic mass is 16.5. The van der Waals surface area contributed by atoms with E-state index in [9.17, 15) is 9.59 Å². The molecule has 2 rings (SSSR count). The number of pyridine rings is 1. The number of amides is 2. The van der Waals surface area contributed by atoms with Gasteiger partial charge in [0.2, 0.25) is 0 Å². The Balaban J connectivity index is 1.91. The number of rotatable bonds is 9. The molecule has 1 N–H and O–H groups in total. The Labute approximate surface area is 160 Å². The Morgan fingerprint density at radius 2 is 1.85 bits per heavy atom. The van der Waals surface area contributed by atoms with E-state index in [4.69, 9.17) is 4.74 Å². The van der Waals surface area contributed by atoms with Crippen LogP contribution in [0, 0.1) is 0 Å². The number of aromatic nitrogens is 1. The second kappa shape index (κ2) is 10.3. The molecule has 1 aromatic heterocycles. The van der Waals surface area contributed by atoms with Gasteiger partial charge < -0.3 is 15.0 Å². The lowest BCUT2D eigenvalue weighted by Crippen LogP contribution is -2.29. The van der Waals surface area contributed by atoms with Gasteiger partial charge in [0, 0.05) is 32.5 Å². The summed E-state index contributed by atoms with van der Waals surface area (Å²) < 4.78 is 5.13. The largest absolute Gasteiger partial charge is 0.497 e. The van der Waals surface area contributed by atoms with E-state index in [1.807, 2.05) is 24.3 Å². The van der Waals surface area contributed by atoms with Gasteiger partial charge in [0.25, 0.3) is 11.8 Å². The Morgan fingerprint density at radius 1 is 1.15 bits per heavy atom. The minimum absolute atomic E-state index is 0.121. The van der Waals surface area contributed by atoms with Crippen molar-refractivity contribution in [1.29, 1.82) is 0 Å². The SMILES string of the molecule is CCCCN(C)C(=O)c1cncc(C(=O)NCCc2ccc(OC)cc2)c1. The fourth-order valence-electron chi connectivity index (χ4n) is 2.61. The number of benzene rings is 1. The summed E-state index contributed by atoms with van der Waals surface area (Å²) in [4.78, 5) is 30.5. The van der Waals surface area contributed by atoms with Crippen LogP contribution in [0.2, 0.25) is 0 Å². The first kappa shape index (κ1) is 20.4. The second-order valence-corrected chi connectivity index (χ2v) is 6.40. The summed E-state index contributed by atoms with van der Waals surface area (Å²) in [6.07, 6.45) is 5.65. The van der Waals surface area contributed by atoms with E-state index in [1.54, 1.807) is 25.1 Å². The van der Waals surface area contributed by atoms with Crippen LogP contribution < -0.4 is 10.1 Å². The summed E-state index contributed by atoms with van der Waals surface area (Å²) in [6.45, 7) is 3.27. The molecule has 0 fully saturated rings. The van der Waals surface area contributed by atoms with Gasteiger partial charge in [-0.1, -0.05) is 25.5 Å². The van der Waals surface area contributed by atoms with Gasteiger partial charge in [0.1, 0.15) is 5.75 Å². The highest BCUT2D eigenvalue weighted by molar-refractivity contribution is 5.99. The van der Waals surface area contributed by atoms with Gasteiger partial charge in [-0.3, -0.25) is 14.6 Å². The first-order chi connectivity index (χ1) is 13.0. The minimum atomic E-state index is -0.234. The molecule has 0 aliphatic carbocycles. The van der Waals surface area contributed by atoms with Gasteiger partial charge in [-0.2, -0.15) is 0 Å². The van der Waals surface area contributed by atoms with Crippen LogP contribution in [0.25, 0.3) is 0 Å². The van der Waals surface area contributed by atoms with Crippen molar-refractivity contribution in [2.45, 2.75) is 26.2 Å². The van der Waals surface area contributed by atoms with Crippen molar-refractivity contribution in [3.63, 3.8) is 0 Å². The number of hydrogen-bond acceptors (Lipinski definition) is 4. The van der Waals surface area contributed by atoms with Crippen LogP contribution in [-0.2, 0) is 6.42 Å². The van der Waals surface area contributed by atoms with Crippen molar-refractivity contribution >= 4 is 11.8 Å². The van der Waals surface area contributed by atoms with E-state index in [0.29, 0.717) is 30.6 Å². The summed E-state index contributed by atoms with van der Waals surface area (Å²) >= 11 is 0. The number of carbonyl (C=O) groups excluding carboxylic acids is 2. The van der Waals surface area contributed by atoms with Crippen molar-refractivity contribution in [3.8, 4) is 5.75 Å². The topological polar surface area (TPSA) is 71.5 Å². The third-order valence-electron chi connectivity index (χ3n) is 4.30. The number of methoxy groups -OCH3 is 1. The fraction of sp³-hybridized carbons (Fsp3) is 0.381. The van der Waals surface area contributed by atoms with Crippen molar-refractivity contribution in [3.05, 3.63) is 59.4 Å². The van der Waals surface area contributed by atoms with E-state index in [-0.39, 0.29) is 11.8 Å². The predicted molar refractivity (Wildman–Crippen MR) is 105 cm³/mol. The van der Waals surface area contributed by atoms with Crippen LogP contribution in [0.3, 0.4) is 0 Å². The summed E-state index contributed by atoms with van der Waals surface area (Å²) in [6, 6.07) is 9.33. The minimum Gasteiger partial charge on any atom is -0.497 e. The maximum atomic E-state index is 12.4. The molecule has 2 amide bonds. The molecule has 2 aromatic rings. The van der Waals surface area contributed by atoms with E-state index in [0.717, 1.165) is 24.2 Å². The fourth-order valence-corrected chi connectivity index (χ4v) is 2.61. The lowest BCUT2D eigenvalue weighted by Gasteiger charge is -2.16. The van der Waals surface area contributed by atoms with Gasteiger partial charge in [-0.25, -0.2) is 0 Å². The van der Waals surface area contributed by atoms with Crippen LogP contribution in [0.5, 0.6) is 5.75 Å². The molecule has 6 heteroatoms. The monoisotopic (exact) mass is 369 g/mol. The zero-order chi connectivity index (χ0) is 19.6. The molecule has 0 aliphatic rings. The van der Waals surface area contributed by atoms with Gasteiger partial charge in [-0.05, 0) is 36.6 Å². The number of unbranched alkanes of at least 4 members (excludes halogenated alkanes) is 1. The Morgan fingerprint density at radius 3 is 2.52 bits per heavy atom. The first-order valence-corrected chi connectivity index (χ1v) is 9.16. The van der Waals surface area contributed by atoms with Crippen LogP contribution in [-0.4, -0.2) is 48.9 Å². The standard InChI is InChI=1S/C21H27N3O3/c1-4-5-12-24(2)21(26)18-13-17(14-22-15-18)20(25)23-11-10-16-6-8-19(27-3)9-7-16/h6-9,13-15H,4-5,10-12H2,1-3H3,(H,23,25). The van der Waals surface area contributed by atoms with Crippen LogP contribution >= 0.6 is 0 Å². The molecular formula is C21H27N3O3. The highest BCUT2D eigenvalue weighted by Gasteiger charge is 2.14. The molecular weight excluding hydrogens is 342 g/mol. The second-order valence-electron chi connectivity index (χ2n) is 6.40. The molecule has 0 aliphatic heterocycles. The smallest absolute Gasteiger partial charge is 0.255 e. The highest BCUT2D eigenvalue weighted by Crippen LogP contribution is 2.11. The van der Waals surface area contributed by atoms with E-state index >= 15 is 0 Å². The number of nitrogens with one attached hydrogen (secondary N) is 1. The number of nitrogens with zero attached hydrogens (tertiary/aromatic N) is 2. The Bertz CT molecular complexity index is 760. The average molecular weight is 369 g/mol. The molecule has 6 nitrogen and oxygen atoms in total. The maximum absolute atomic E-state index is 12.4. The third kappa shape index (κ3) is 6.09. The molecule has 27 heavy (non-hydrogen) atoms. The molecule has 0 saturated carbocycles. The zero-order valence-electron chi connectivity index (χ0n) is 16.2. The van der Waals surface area contributed by atoms with Gasteiger partial charge in [-0.15, -0.1) is 0 Å². The normalized spacial score (nSPS) is 10.3. The lowest BCUT2D eigenvalue weighted by atomic mass is 10.1. The predicted octanol–water partition coefficient (Wildman–Crippen LogP) is 2.93. The van der Waals surface area contributed by atoms with Gasteiger partial charge >= 0.3 is 0 Å². The molecule has 0 radical (unpaired) electrons. The molecule has 0 atom stereocenters. The zero-order valence-corrected chi connectivity index (χ0v) is 16.2. The van der Waals surface area contributed by atoms with Crippen molar-refractivity contribution < 1.29 is 14.3 Å². The van der Waals surface area contributed by atoms with Gasteiger partial charge in [0.05, 0.1) is 18.2 Å². The maximum Gasteiger partial charge on any atom is 0.255 e. The molecule has 0 saturated heterocycles. The molecule has 0 bridgehead atoms. The van der Waals surface area contributed by atoms with Crippen LogP contribution in [0.1, 0.15) is 46.0 Å². The molecule has 0 spiro atoms. The molecule has 1 heterocycles.